The summed E-state index contributed by atoms with van der Waals surface area (Å²) >= 11 is 0. The number of hydrogen-bond acceptors (Lipinski definition) is 2. The van der Waals surface area contributed by atoms with Gasteiger partial charge in [0, 0.05) is 31.5 Å². The molecule has 0 fully saturated rings. The van der Waals surface area contributed by atoms with Crippen molar-refractivity contribution < 1.29 is 0 Å². The fourth-order valence-electron chi connectivity index (χ4n) is 1.37. The van der Waals surface area contributed by atoms with E-state index in [9.17, 15) is 0 Å². The molecule has 0 radical (unpaired) electrons. The zero-order chi connectivity index (χ0) is 9.97. The lowest BCUT2D eigenvalue weighted by Crippen LogP contribution is -2.08. The molecule has 1 aromatic heterocycles. The number of rotatable bonds is 2. The van der Waals surface area contributed by atoms with E-state index in [1.165, 1.54) is 11.3 Å². The summed E-state index contributed by atoms with van der Waals surface area (Å²) in [6, 6.07) is 8.37. The summed E-state index contributed by atoms with van der Waals surface area (Å²) in [5, 5.41) is 6.75. The van der Waals surface area contributed by atoms with Crippen LogP contribution in [0.3, 0.4) is 0 Å². The van der Waals surface area contributed by atoms with Gasteiger partial charge in [-0.25, -0.2) is 0 Å². The Morgan fingerprint density at radius 3 is 2.71 bits per heavy atom. The molecular formula is C11H13N3. The van der Waals surface area contributed by atoms with Crippen LogP contribution in [0.4, 0.5) is 5.69 Å². The third-order valence-electron chi connectivity index (χ3n) is 2.19. The summed E-state index contributed by atoms with van der Waals surface area (Å²) in [5.74, 6) is 0. The highest BCUT2D eigenvalue weighted by Crippen LogP contribution is 2.22. The standard InChI is InChI=1S/C11H13N3/c1-14(2)11-5-3-4-9(6-11)10-7-12-13-8-10/h3-8H,1-2H3,(H,12,13). The van der Waals surface area contributed by atoms with Crippen LogP contribution >= 0.6 is 0 Å². The first-order chi connectivity index (χ1) is 6.77. The second kappa shape index (κ2) is 3.54. The maximum absolute atomic E-state index is 3.93. The van der Waals surface area contributed by atoms with Crippen molar-refractivity contribution in [3.05, 3.63) is 36.7 Å². The molecule has 0 unspecified atom stereocenters. The Hall–Kier alpha value is -1.77. The minimum Gasteiger partial charge on any atom is -0.378 e. The van der Waals surface area contributed by atoms with E-state index in [-0.39, 0.29) is 0 Å². The van der Waals surface area contributed by atoms with Gasteiger partial charge in [-0.3, -0.25) is 5.10 Å². The van der Waals surface area contributed by atoms with E-state index in [1.807, 2.05) is 26.5 Å². The molecule has 1 aromatic carbocycles. The molecule has 0 bridgehead atoms. The summed E-state index contributed by atoms with van der Waals surface area (Å²) in [4.78, 5) is 2.09. The summed E-state index contributed by atoms with van der Waals surface area (Å²) < 4.78 is 0. The Bertz CT molecular complexity index is 404. The highest BCUT2D eigenvalue weighted by Gasteiger charge is 2.00. The number of benzene rings is 1. The van der Waals surface area contributed by atoms with Crippen molar-refractivity contribution in [3.8, 4) is 11.1 Å². The number of anilines is 1. The van der Waals surface area contributed by atoms with Crippen molar-refractivity contribution in [2.45, 2.75) is 0 Å². The van der Waals surface area contributed by atoms with Gasteiger partial charge in [0.2, 0.25) is 0 Å². The van der Waals surface area contributed by atoms with Crippen LogP contribution in [-0.4, -0.2) is 24.3 Å². The maximum atomic E-state index is 3.93. The van der Waals surface area contributed by atoms with Gasteiger partial charge in [-0.1, -0.05) is 12.1 Å². The molecule has 0 saturated carbocycles. The van der Waals surface area contributed by atoms with E-state index in [0.29, 0.717) is 0 Å². The van der Waals surface area contributed by atoms with Crippen molar-refractivity contribution in [1.82, 2.24) is 10.2 Å². The molecule has 2 rings (SSSR count). The Morgan fingerprint density at radius 2 is 2.07 bits per heavy atom. The minimum atomic E-state index is 1.12. The Balaban J connectivity index is 2.41. The first-order valence-corrected chi connectivity index (χ1v) is 4.54. The highest BCUT2D eigenvalue weighted by atomic mass is 15.1. The van der Waals surface area contributed by atoms with Crippen LogP contribution < -0.4 is 4.90 Å². The van der Waals surface area contributed by atoms with Crippen molar-refractivity contribution in [1.29, 1.82) is 0 Å². The van der Waals surface area contributed by atoms with E-state index in [2.05, 4.69) is 39.4 Å². The molecule has 0 aliphatic rings. The molecule has 2 aromatic rings. The molecule has 1 heterocycles. The van der Waals surface area contributed by atoms with Gasteiger partial charge in [-0.05, 0) is 17.7 Å². The zero-order valence-corrected chi connectivity index (χ0v) is 8.36. The normalized spacial score (nSPS) is 10.1. The van der Waals surface area contributed by atoms with Crippen LogP contribution in [0.1, 0.15) is 0 Å². The van der Waals surface area contributed by atoms with Crippen molar-refractivity contribution >= 4 is 5.69 Å². The lowest BCUT2D eigenvalue weighted by Gasteiger charge is -2.12. The monoisotopic (exact) mass is 187 g/mol. The van der Waals surface area contributed by atoms with Crippen molar-refractivity contribution in [3.63, 3.8) is 0 Å². The molecule has 1 N–H and O–H groups in total. The molecule has 14 heavy (non-hydrogen) atoms. The van der Waals surface area contributed by atoms with Crippen LogP contribution in [0.2, 0.25) is 0 Å². The average molecular weight is 187 g/mol. The number of H-pyrrole nitrogens is 1. The Morgan fingerprint density at radius 1 is 1.21 bits per heavy atom. The van der Waals surface area contributed by atoms with E-state index in [0.717, 1.165) is 5.56 Å². The summed E-state index contributed by atoms with van der Waals surface area (Å²) in [7, 11) is 4.07. The molecule has 3 heteroatoms. The topological polar surface area (TPSA) is 31.9 Å². The van der Waals surface area contributed by atoms with Gasteiger partial charge < -0.3 is 4.90 Å². The number of aromatic amines is 1. The van der Waals surface area contributed by atoms with Crippen LogP contribution in [0.15, 0.2) is 36.7 Å². The van der Waals surface area contributed by atoms with Gasteiger partial charge in [0.15, 0.2) is 0 Å². The van der Waals surface area contributed by atoms with Gasteiger partial charge in [0.05, 0.1) is 6.20 Å². The predicted molar refractivity (Wildman–Crippen MR) is 58.4 cm³/mol. The van der Waals surface area contributed by atoms with Crippen molar-refractivity contribution in [2.24, 2.45) is 0 Å². The molecular weight excluding hydrogens is 174 g/mol. The third kappa shape index (κ3) is 1.62. The Kier molecular flexibility index (Phi) is 2.23. The van der Waals surface area contributed by atoms with Crippen molar-refractivity contribution in [2.75, 3.05) is 19.0 Å². The first-order valence-electron chi connectivity index (χ1n) is 4.54. The van der Waals surface area contributed by atoms with E-state index in [1.54, 1.807) is 0 Å². The van der Waals surface area contributed by atoms with Gasteiger partial charge >= 0.3 is 0 Å². The number of nitrogens with zero attached hydrogens (tertiary/aromatic N) is 2. The molecule has 0 spiro atoms. The third-order valence-corrected chi connectivity index (χ3v) is 2.19. The summed E-state index contributed by atoms with van der Waals surface area (Å²) in [6.45, 7) is 0. The van der Waals surface area contributed by atoms with Crippen LogP contribution in [0, 0.1) is 0 Å². The molecule has 0 aliphatic carbocycles. The smallest absolute Gasteiger partial charge is 0.0565 e. The quantitative estimate of drug-likeness (QED) is 0.781. The van der Waals surface area contributed by atoms with Gasteiger partial charge in [-0.2, -0.15) is 5.10 Å². The zero-order valence-electron chi connectivity index (χ0n) is 8.36. The van der Waals surface area contributed by atoms with E-state index in [4.69, 9.17) is 0 Å². The van der Waals surface area contributed by atoms with Crippen LogP contribution in [0.5, 0.6) is 0 Å². The lowest BCUT2D eigenvalue weighted by molar-refractivity contribution is 1.09. The molecule has 0 saturated heterocycles. The van der Waals surface area contributed by atoms with Gasteiger partial charge in [0.1, 0.15) is 0 Å². The number of hydrogen-bond donors (Lipinski definition) is 1. The summed E-state index contributed by atoms with van der Waals surface area (Å²) in [6.07, 6.45) is 3.73. The largest absolute Gasteiger partial charge is 0.378 e. The average Bonchev–Trinajstić information content (AvgIpc) is 2.71. The number of aromatic nitrogens is 2. The lowest BCUT2D eigenvalue weighted by atomic mass is 10.1. The van der Waals surface area contributed by atoms with Gasteiger partial charge in [-0.15, -0.1) is 0 Å². The van der Waals surface area contributed by atoms with Crippen LogP contribution in [0.25, 0.3) is 11.1 Å². The van der Waals surface area contributed by atoms with E-state index < -0.39 is 0 Å². The highest BCUT2D eigenvalue weighted by molar-refractivity contribution is 5.67. The molecule has 0 atom stereocenters. The first kappa shape index (κ1) is 8.81. The minimum absolute atomic E-state index is 1.12. The molecule has 0 aliphatic heterocycles. The summed E-state index contributed by atoms with van der Waals surface area (Å²) in [5.41, 5.74) is 3.50. The molecule has 0 amide bonds. The van der Waals surface area contributed by atoms with Crippen LogP contribution in [-0.2, 0) is 0 Å². The van der Waals surface area contributed by atoms with Gasteiger partial charge in [0.25, 0.3) is 0 Å². The SMILES string of the molecule is CN(C)c1cccc(-c2cn[nH]c2)c1. The molecule has 3 nitrogen and oxygen atoms in total. The predicted octanol–water partition coefficient (Wildman–Crippen LogP) is 2.14. The fraction of sp³-hybridized carbons (Fsp3) is 0.182. The Labute approximate surface area is 83.4 Å². The fourth-order valence-corrected chi connectivity index (χ4v) is 1.37. The second-order valence-electron chi connectivity index (χ2n) is 3.43. The maximum Gasteiger partial charge on any atom is 0.0565 e. The second-order valence-corrected chi connectivity index (χ2v) is 3.43. The van der Waals surface area contributed by atoms with E-state index >= 15 is 0 Å². The molecule has 72 valence electrons. The number of nitrogens with one attached hydrogen (secondary N) is 1.